The minimum Gasteiger partial charge on any atom is -0.443 e. The van der Waals surface area contributed by atoms with Gasteiger partial charge >= 0.3 is 12.1 Å². The number of nitrogens with zero attached hydrogens (tertiary/aromatic N) is 2. The highest BCUT2D eigenvalue weighted by Gasteiger charge is 2.37. The highest BCUT2D eigenvalue weighted by molar-refractivity contribution is 5.87. The van der Waals surface area contributed by atoms with E-state index in [1.54, 1.807) is 20.8 Å². The van der Waals surface area contributed by atoms with Crippen molar-refractivity contribution in [3.05, 3.63) is 35.9 Å². The Kier molecular flexibility index (Phi) is 6.62. The van der Waals surface area contributed by atoms with Crippen molar-refractivity contribution >= 4 is 18.0 Å². The summed E-state index contributed by atoms with van der Waals surface area (Å²) in [6, 6.07) is 8.06. The molecule has 0 aromatic heterocycles. The molecule has 27 heavy (non-hydrogen) atoms. The largest absolute Gasteiger partial charge is 0.443 e. The Bertz CT molecular complexity index is 674. The molecule has 1 heterocycles. The Hall–Kier alpha value is -2.81. The lowest BCUT2D eigenvalue weighted by Gasteiger charge is -2.31. The summed E-state index contributed by atoms with van der Waals surface area (Å²) in [6.45, 7) is 5.73. The predicted octanol–water partition coefficient (Wildman–Crippen LogP) is 1.50. The molecule has 0 aliphatic carbocycles. The number of hydrazine groups is 2. The topological polar surface area (TPSA) is 117 Å². The van der Waals surface area contributed by atoms with Crippen LogP contribution in [0.5, 0.6) is 0 Å². The average Bonchev–Trinajstić information content (AvgIpc) is 3.08. The van der Waals surface area contributed by atoms with Crippen LogP contribution < -0.4 is 16.7 Å². The van der Waals surface area contributed by atoms with E-state index in [9.17, 15) is 14.4 Å². The van der Waals surface area contributed by atoms with Crippen LogP contribution in [0.25, 0.3) is 0 Å². The molecular formula is C18H27N5O4. The normalized spacial score (nSPS) is 16.6. The zero-order valence-electron chi connectivity index (χ0n) is 15.9. The SMILES string of the molecule is CC(C)(C)OC(=O)NN(Cc1ccccc1)C(=O)N1CCC[C@H]1C(=O)NN. The number of carbonyl (C=O) groups excluding carboxylic acids is 3. The van der Waals surface area contributed by atoms with Crippen molar-refractivity contribution in [3.8, 4) is 0 Å². The summed E-state index contributed by atoms with van der Waals surface area (Å²) in [6.07, 6.45) is 0.446. The molecule has 1 aromatic rings. The molecule has 1 fully saturated rings. The molecule has 148 valence electrons. The zero-order valence-corrected chi connectivity index (χ0v) is 15.9. The fraction of sp³-hybridized carbons (Fsp3) is 0.500. The Labute approximate surface area is 158 Å². The number of rotatable bonds is 3. The second kappa shape index (κ2) is 8.72. The van der Waals surface area contributed by atoms with Crippen molar-refractivity contribution in [1.29, 1.82) is 0 Å². The molecule has 0 saturated carbocycles. The lowest BCUT2D eigenvalue weighted by Crippen LogP contribution is -2.56. The number of benzene rings is 1. The standard InChI is InChI=1S/C18H27N5O4/c1-18(2,3)27-16(25)21-23(12-13-8-5-4-6-9-13)17(26)22-11-7-10-14(22)15(24)20-19/h4-6,8-9,14H,7,10-12,19H2,1-3H3,(H,20,24)(H,21,25)/t14-/m0/s1. The van der Waals surface area contributed by atoms with Gasteiger partial charge < -0.3 is 9.64 Å². The molecule has 9 heteroatoms. The van der Waals surface area contributed by atoms with Gasteiger partial charge in [0.25, 0.3) is 5.91 Å². The fourth-order valence-corrected chi connectivity index (χ4v) is 2.85. The summed E-state index contributed by atoms with van der Waals surface area (Å²) in [7, 11) is 0. The van der Waals surface area contributed by atoms with Gasteiger partial charge in [0.2, 0.25) is 0 Å². The summed E-state index contributed by atoms with van der Waals surface area (Å²) in [5.41, 5.74) is 4.70. The van der Waals surface area contributed by atoms with E-state index in [-0.39, 0.29) is 6.54 Å². The minimum absolute atomic E-state index is 0.131. The molecule has 1 saturated heterocycles. The quantitative estimate of drug-likeness (QED) is 0.419. The van der Waals surface area contributed by atoms with E-state index in [2.05, 4.69) is 10.9 Å². The molecular weight excluding hydrogens is 350 g/mol. The number of ether oxygens (including phenoxy) is 1. The van der Waals surface area contributed by atoms with Crippen LogP contribution in [0.1, 0.15) is 39.2 Å². The van der Waals surface area contributed by atoms with Gasteiger partial charge in [-0.3, -0.25) is 10.2 Å². The predicted molar refractivity (Wildman–Crippen MR) is 98.8 cm³/mol. The van der Waals surface area contributed by atoms with Crippen molar-refractivity contribution in [2.24, 2.45) is 5.84 Å². The Morgan fingerprint density at radius 1 is 1.26 bits per heavy atom. The first kappa shape index (κ1) is 20.5. The maximum absolute atomic E-state index is 13.0. The van der Waals surface area contributed by atoms with Crippen LogP contribution in [-0.2, 0) is 16.1 Å². The first-order valence-electron chi connectivity index (χ1n) is 8.83. The van der Waals surface area contributed by atoms with Crippen LogP contribution in [0.4, 0.5) is 9.59 Å². The summed E-state index contributed by atoms with van der Waals surface area (Å²) < 4.78 is 5.25. The maximum Gasteiger partial charge on any atom is 0.426 e. The molecule has 1 aliphatic heterocycles. The first-order valence-corrected chi connectivity index (χ1v) is 8.83. The van der Waals surface area contributed by atoms with E-state index in [4.69, 9.17) is 10.6 Å². The maximum atomic E-state index is 13.0. The third-order valence-electron chi connectivity index (χ3n) is 3.98. The van der Waals surface area contributed by atoms with Gasteiger partial charge in [-0.05, 0) is 39.2 Å². The second-order valence-corrected chi connectivity index (χ2v) is 7.33. The third kappa shape index (κ3) is 5.85. The third-order valence-corrected chi connectivity index (χ3v) is 3.98. The zero-order chi connectivity index (χ0) is 20.0. The number of carbonyl (C=O) groups is 3. The van der Waals surface area contributed by atoms with Gasteiger partial charge in [0.15, 0.2) is 0 Å². The number of hydrogen-bond donors (Lipinski definition) is 3. The fourth-order valence-electron chi connectivity index (χ4n) is 2.85. The van der Waals surface area contributed by atoms with Crippen LogP contribution in [0.15, 0.2) is 30.3 Å². The highest BCUT2D eigenvalue weighted by Crippen LogP contribution is 2.20. The van der Waals surface area contributed by atoms with E-state index in [0.717, 1.165) is 10.6 Å². The molecule has 2 rings (SSSR count). The van der Waals surface area contributed by atoms with Gasteiger partial charge in [-0.1, -0.05) is 30.3 Å². The van der Waals surface area contributed by atoms with Gasteiger partial charge in [-0.2, -0.15) is 0 Å². The second-order valence-electron chi connectivity index (χ2n) is 7.33. The Morgan fingerprint density at radius 2 is 1.93 bits per heavy atom. The van der Waals surface area contributed by atoms with E-state index in [1.807, 2.05) is 30.3 Å². The van der Waals surface area contributed by atoms with Gasteiger partial charge in [0.05, 0.1) is 6.54 Å². The number of nitrogens with one attached hydrogen (secondary N) is 2. The van der Waals surface area contributed by atoms with Crippen LogP contribution in [-0.4, -0.2) is 46.1 Å². The summed E-state index contributed by atoms with van der Waals surface area (Å²) in [4.78, 5) is 38.6. The highest BCUT2D eigenvalue weighted by atomic mass is 16.6. The van der Waals surface area contributed by atoms with Crippen molar-refractivity contribution in [2.45, 2.75) is 51.8 Å². The number of hydrogen-bond acceptors (Lipinski definition) is 5. The van der Waals surface area contributed by atoms with Crippen molar-refractivity contribution < 1.29 is 19.1 Å². The van der Waals surface area contributed by atoms with Crippen LogP contribution >= 0.6 is 0 Å². The van der Waals surface area contributed by atoms with Crippen LogP contribution in [0.2, 0.25) is 0 Å². The molecule has 1 atom stereocenters. The van der Waals surface area contributed by atoms with E-state index >= 15 is 0 Å². The molecule has 9 nitrogen and oxygen atoms in total. The lowest BCUT2D eigenvalue weighted by atomic mass is 10.2. The van der Waals surface area contributed by atoms with Gasteiger partial charge in [-0.25, -0.2) is 25.9 Å². The smallest absolute Gasteiger partial charge is 0.426 e. The first-order chi connectivity index (χ1) is 12.7. The van der Waals surface area contributed by atoms with E-state index in [1.165, 1.54) is 4.90 Å². The summed E-state index contributed by atoms with van der Waals surface area (Å²) >= 11 is 0. The van der Waals surface area contributed by atoms with Gasteiger partial charge in [0, 0.05) is 6.54 Å². The van der Waals surface area contributed by atoms with Crippen molar-refractivity contribution in [3.63, 3.8) is 0 Å². The molecule has 1 aliphatic rings. The van der Waals surface area contributed by atoms with Gasteiger partial charge in [0.1, 0.15) is 11.6 Å². The lowest BCUT2D eigenvalue weighted by molar-refractivity contribution is -0.124. The average molecular weight is 377 g/mol. The summed E-state index contributed by atoms with van der Waals surface area (Å²) in [5, 5.41) is 1.16. The van der Waals surface area contributed by atoms with Gasteiger partial charge in [-0.15, -0.1) is 0 Å². The van der Waals surface area contributed by atoms with Crippen molar-refractivity contribution in [2.75, 3.05) is 6.54 Å². The Morgan fingerprint density at radius 3 is 2.52 bits per heavy atom. The molecule has 0 radical (unpaired) electrons. The number of likely N-dealkylation sites (tertiary alicyclic amines) is 1. The number of amides is 4. The molecule has 4 N–H and O–H groups in total. The van der Waals surface area contributed by atoms with E-state index < -0.39 is 29.7 Å². The van der Waals surface area contributed by atoms with Crippen molar-refractivity contribution in [1.82, 2.24) is 20.8 Å². The molecule has 1 aromatic carbocycles. The minimum atomic E-state index is -0.745. The summed E-state index contributed by atoms with van der Waals surface area (Å²) in [5.74, 6) is 4.79. The van der Waals surface area contributed by atoms with E-state index in [0.29, 0.717) is 19.4 Å². The molecule has 0 unspecified atom stereocenters. The monoisotopic (exact) mass is 377 g/mol. The number of nitrogens with two attached hydrogens (primary N) is 1. The molecule has 0 spiro atoms. The van der Waals surface area contributed by atoms with Crippen LogP contribution in [0.3, 0.4) is 0 Å². The Balaban J connectivity index is 2.18. The molecule has 4 amide bonds. The number of urea groups is 1. The molecule has 0 bridgehead atoms. The van der Waals surface area contributed by atoms with Crippen LogP contribution in [0, 0.1) is 0 Å².